The summed E-state index contributed by atoms with van der Waals surface area (Å²) in [7, 11) is 0. The van der Waals surface area contributed by atoms with Crippen LogP contribution in [0.1, 0.15) is 57.7 Å². The van der Waals surface area contributed by atoms with Crippen LogP contribution in [-0.4, -0.2) is 19.9 Å². The summed E-state index contributed by atoms with van der Waals surface area (Å²) in [4.78, 5) is 19.6. The van der Waals surface area contributed by atoms with Gasteiger partial charge in [-0.1, -0.05) is 23.2 Å². The lowest BCUT2D eigenvalue weighted by Crippen LogP contribution is -2.16. The number of rotatable bonds is 5. The second kappa shape index (κ2) is 9.94. The number of hydrogen-bond acceptors (Lipinski definition) is 8. The minimum atomic E-state index is -0.794. The van der Waals surface area contributed by atoms with Crippen LogP contribution in [0.4, 0.5) is 0 Å². The highest BCUT2D eigenvalue weighted by Gasteiger charge is 2.42. The van der Waals surface area contributed by atoms with Crippen molar-refractivity contribution in [1.82, 2.24) is 19.9 Å². The molecule has 8 rings (SSSR count). The van der Waals surface area contributed by atoms with Crippen LogP contribution in [-0.2, 0) is 0 Å². The zero-order valence-electron chi connectivity index (χ0n) is 24.1. The number of aromatic nitrogens is 4. The molecule has 0 saturated heterocycles. The van der Waals surface area contributed by atoms with Gasteiger partial charge in [-0.3, -0.25) is 0 Å². The summed E-state index contributed by atoms with van der Waals surface area (Å²) in [6.45, 7) is 8.16. The topological polar surface area (TPSA) is 104 Å². The van der Waals surface area contributed by atoms with Crippen molar-refractivity contribution in [3.8, 4) is 0 Å². The predicted octanol–water partition coefficient (Wildman–Crippen LogP) is 9.76. The Morgan fingerprint density at radius 3 is 1.14 bits per heavy atom. The second-order valence-electron chi connectivity index (χ2n) is 11.2. The van der Waals surface area contributed by atoms with Crippen LogP contribution in [0, 0.1) is 27.7 Å². The Morgan fingerprint density at radius 1 is 0.432 bits per heavy atom. The first-order chi connectivity index (χ1) is 21.2. The van der Waals surface area contributed by atoms with Crippen molar-refractivity contribution in [2.75, 3.05) is 0 Å². The van der Waals surface area contributed by atoms with E-state index in [2.05, 4.69) is 0 Å². The van der Waals surface area contributed by atoms with Gasteiger partial charge in [0.15, 0.2) is 22.3 Å². The Kier molecular flexibility index (Phi) is 6.08. The van der Waals surface area contributed by atoms with Crippen LogP contribution in [0.5, 0.6) is 0 Å². The molecule has 0 aliphatic carbocycles. The van der Waals surface area contributed by atoms with E-state index in [1.165, 1.54) is 0 Å². The monoisotopic (exact) mass is 622 g/mol. The molecule has 0 amide bonds. The zero-order chi connectivity index (χ0) is 30.3. The molecule has 0 aliphatic rings. The van der Waals surface area contributed by atoms with Crippen LogP contribution < -0.4 is 0 Å². The fourth-order valence-corrected chi connectivity index (χ4v) is 5.88. The second-order valence-corrected chi connectivity index (χ2v) is 12.1. The average Bonchev–Trinajstić information content (AvgIpc) is 3.76. The van der Waals surface area contributed by atoms with Crippen LogP contribution in [0.3, 0.4) is 0 Å². The molecule has 10 heteroatoms. The lowest BCUT2D eigenvalue weighted by Gasteiger charge is -2.17. The van der Waals surface area contributed by atoms with Gasteiger partial charge in [0, 0.05) is 10.0 Å². The SMILES string of the molecule is Cc1cc2nc(C(c3nc4cc(C)c(C)cc4o3)C(c3nc4cc(Cl)ccc4o3)c3nc4cc(Cl)ccc4o3)oc2cc1C. The van der Waals surface area contributed by atoms with E-state index in [4.69, 9.17) is 60.8 Å². The summed E-state index contributed by atoms with van der Waals surface area (Å²) < 4.78 is 25.7. The fraction of sp³-hybridized carbons (Fsp3) is 0.176. The van der Waals surface area contributed by atoms with Gasteiger partial charge in [0.25, 0.3) is 0 Å². The summed E-state index contributed by atoms with van der Waals surface area (Å²) in [5.74, 6) is -0.226. The molecule has 0 saturated carbocycles. The third kappa shape index (κ3) is 4.44. The first kappa shape index (κ1) is 26.9. The maximum atomic E-state index is 6.48. The molecule has 0 atom stereocenters. The predicted molar refractivity (Wildman–Crippen MR) is 169 cm³/mol. The highest BCUT2D eigenvalue weighted by atomic mass is 35.5. The van der Waals surface area contributed by atoms with Crippen molar-refractivity contribution in [3.63, 3.8) is 0 Å². The maximum absolute atomic E-state index is 6.48. The summed E-state index contributed by atoms with van der Waals surface area (Å²) in [5, 5.41) is 1.08. The summed E-state index contributed by atoms with van der Waals surface area (Å²) in [5.41, 5.74) is 9.37. The molecule has 218 valence electrons. The van der Waals surface area contributed by atoms with E-state index in [1.807, 2.05) is 52.0 Å². The van der Waals surface area contributed by atoms with Gasteiger partial charge in [-0.2, -0.15) is 0 Å². The van der Waals surface area contributed by atoms with Crippen molar-refractivity contribution < 1.29 is 17.7 Å². The number of aryl methyl sites for hydroxylation is 4. The zero-order valence-corrected chi connectivity index (χ0v) is 25.6. The van der Waals surface area contributed by atoms with E-state index in [-0.39, 0.29) is 0 Å². The molecule has 0 fully saturated rings. The Hall–Kier alpha value is -4.66. The van der Waals surface area contributed by atoms with Crippen LogP contribution in [0.15, 0.2) is 78.3 Å². The van der Waals surface area contributed by atoms with Gasteiger partial charge >= 0.3 is 0 Å². The number of oxazole rings is 4. The molecule has 8 aromatic rings. The van der Waals surface area contributed by atoms with Crippen molar-refractivity contribution in [1.29, 1.82) is 0 Å². The van der Waals surface area contributed by atoms with E-state index < -0.39 is 11.8 Å². The normalized spacial score (nSPS) is 12.3. The lowest BCUT2D eigenvalue weighted by atomic mass is 9.91. The molecular weight excluding hydrogens is 599 g/mol. The fourth-order valence-electron chi connectivity index (χ4n) is 5.55. The number of benzene rings is 4. The molecule has 4 aromatic carbocycles. The van der Waals surface area contributed by atoms with Crippen molar-refractivity contribution in [2.45, 2.75) is 39.5 Å². The number of halogens is 2. The quantitative estimate of drug-likeness (QED) is 0.187. The molecule has 0 spiro atoms. The van der Waals surface area contributed by atoms with Gasteiger partial charge in [0.2, 0.25) is 23.6 Å². The average molecular weight is 623 g/mol. The molecule has 0 radical (unpaired) electrons. The summed E-state index contributed by atoms with van der Waals surface area (Å²) in [6, 6.07) is 18.5. The van der Waals surface area contributed by atoms with E-state index in [0.29, 0.717) is 78.0 Å². The third-order valence-corrected chi connectivity index (χ3v) is 8.64. The Labute approximate surface area is 260 Å². The maximum Gasteiger partial charge on any atom is 0.209 e. The summed E-state index contributed by atoms with van der Waals surface area (Å²) in [6.07, 6.45) is 0. The van der Waals surface area contributed by atoms with Crippen LogP contribution in [0.25, 0.3) is 44.4 Å². The number of hydrogen-bond donors (Lipinski definition) is 0. The molecular formula is C34H24Cl2N4O4. The van der Waals surface area contributed by atoms with Gasteiger partial charge in [-0.15, -0.1) is 0 Å². The smallest absolute Gasteiger partial charge is 0.209 e. The van der Waals surface area contributed by atoms with Crippen molar-refractivity contribution >= 4 is 67.6 Å². The Balaban J connectivity index is 1.43. The van der Waals surface area contributed by atoms with Gasteiger partial charge in [0.05, 0.1) is 0 Å². The van der Waals surface area contributed by atoms with Crippen LogP contribution >= 0.6 is 23.2 Å². The Morgan fingerprint density at radius 2 is 0.750 bits per heavy atom. The molecule has 0 N–H and O–H groups in total. The Bertz CT molecular complexity index is 2160. The van der Waals surface area contributed by atoms with Gasteiger partial charge in [0.1, 0.15) is 33.9 Å². The number of nitrogens with zero attached hydrogens (tertiary/aromatic N) is 4. The lowest BCUT2D eigenvalue weighted by molar-refractivity contribution is 0.344. The molecule has 44 heavy (non-hydrogen) atoms. The first-order valence-corrected chi connectivity index (χ1v) is 14.8. The van der Waals surface area contributed by atoms with Gasteiger partial charge in [-0.05, 0) is 111 Å². The van der Waals surface area contributed by atoms with Crippen molar-refractivity contribution in [2.24, 2.45) is 0 Å². The molecule has 4 heterocycles. The van der Waals surface area contributed by atoms with E-state index >= 15 is 0 Å². The minimum absolute atomic E-state index is 0.314. The molecule has 0 aliphatic heterocycles. The van der Waals surface area contributed by atoms with E-state index in [1.54, 1.807) is 36.4 Å². The summed E-state index contributed by atoms with van der Waals surface area (Å²) >= 11 is 12.6. The van der Waals surface area contributed by atoms with Gasteiger partial charge in [-0.25, -0.2) is 19.9 Å². The molecule has 8 nitrogen and oxygen atoms in total. The highest BCUT2D eigenvalue weighted by Crippen LogP contribution is 2.45. The molecule has 4 aromatic heterocycles. The standard InChI is InChI=1S/C34H24Cl2N4O4/c1-15-9-21-27(11-17(15)3)43-33(37-21)30(34-38-22-10-16(2)18(4)12-28(22)44-34)29(31-39-23-13-19(35)5-7-25(23)41-31)32-40-24-14-20(36)6-8-26(24)42-32/h5-14,29-30H,1-4H3. The largest absolute Gasteiger partial charge is 0.440 e. The highest BCUT2D eigenvalue weighted by molar-refractivity contribution is 6.31. The minimum Gasteiger partial charge on any atom is -0.440 e. The van der Waals surface area contributed by atoms with Gasteiger partial charge < -0.3 is 17.7 Å². The van der Waals surface area contributed by atoms with Crippen LogP contribution in [0.2, 0.25) is 10.0 Å². The molecule has 0 bridgehead atoms. The van der Waals surface area contributed by atoms with E-state index in [0.717, 1.165) is 22.3 Å². The molecule has 0 unspecified atom stereocenters. The first-order valence-electron chi connectivity index (χ1n) is 14.1. The third-order valence-electron chi connectivity index (χ3n) is 8.17. The number of fused-ring (bicyclic) bond motifs is 4. The van der Waals surface area contributed by atoms with E-state index in [9.17, 15) is 0 Å². The van der Waals surface area contributed by atoms with Crippen molar-refractivity contribution in [3.05, 3.63) is 117 Å².